The maximum absolute atomic E-state index is 13.1. The molecule has 0 aliphatic heterocycles. The Morgan fingerprint density at radius 3 is 2.11 bits per heavy atom. The average molecular weight is 410 g/mol. The highest BCUT2D eigenvalue weighted by molar-refractivity contribution is 8.00. The largest absolute Gasteiger partial charge is 0.337 e. The van der Waals surface area contributed by atoms with Crippen LogP contribution >= 0.6 is 23.1 Å². The Kier molecular flexibility index (Phi) is 6.79. The second-order valence-corrected chi connectivity index (χ2v) is 10.3. The van der Waals surface area contributed by atoms with Gasteiger partial charge in [-0.15, -0.1) is 11.3 Å². The maximum atomic E-state index is 13.1. The smallest absolute Gasteiger partial charge is 0.263 e. The summed E-state index contributed by atoms with van der Waals surface area (Å²) >= 11 is 2.93. The molecule has 2 aromatic heterocycles. The Morgan fingerprint density at radius 2 is 1.63 bits per heavy atom. The quantitative estimate of drug-likeness (QED) is 0.509. The van der Waals surface area contributed by atoms with Crippen LogP contribution in [0.4, 0.5) is 0 Å². The number of aromatic nitrogens is 2. The molecule has 0 N–H and O–H groups in total. The van der Waals surface area contributed by atoms with Gasteiger partial charge in [-0.2, -0.15) is 0 Å². The van der Waals surface area contributed by atoms with E-state index in [1.165, 1.54) is 11.8 Å². The van der Waals surface area contributed by atoms with E-state index in [2.05, 4.69) is 0 Å². The lowest BCUT2D eigenvalue weighted by Gasteiger charge is -2.33. The molecule has 0 aliphatic rings. The molecule has 0 fully saturated rings. The summed E-state index contributed by atoms with van der Waals surface area (Å²) in [4.78, 5) is 34.7. The SMILES string of the molecule is Cc1sc2nc(S[C@@H](C)C(=O)N(C(C)C)C(C)C)n(C(C)C)c(=O)c2c1C. The summed E-state index contributed by atoms with van der Waals surface area (Å²) in [5.41, 5.74) is 0.997. The van der Waals surface area contributed by atoms with E-state index in [0.717, 1.165) is 15.3 Å². The zero-order valence-corrected chi connectivity index (χ0v) is 19.4. The van der Waals surface area contributed by atoms with Crippen LogP contribution in [0.5, 0.6) is 0 Å². The van der Waals surface area contributed by atoms with Gasteiger partial charge in [-0.25, -0.2) is 4.98 Å². The van der Waals surface area contributed by atoms with Gasteiger partial charge in [-0.1, -0.05) is 11.8 Å². The Labute approximate surface area is 170 Å². The number of thiophene rings is 1. The molecule has 0 spiro atoms. The molecule has 0 saturated heterocycles. The van der Waals surface area contributed by atoms with E-state index >= 15 is 0 Å². The van der Waals surface area contributed by atoms with Crippen molar-refractivity contribution < 1.29 is 4.79 Å². The van der Waals surface area contributed by atoms with E-state index in [9.17, 15) is 9.59 Å². The van der Waals surface area contributed by atoms with Crippen molar-refractivity contribution in [2.75, 3.05) is 0 Å². The third kappa shape index (κ3) is 4.24. The number of amides is 1. The second kappa shape index (κ2) is 8.35. The first-order chi connectivity index (χ1) is 12.5. The number of hydrogen-bond acceptors (Lipinski definition) is 5. The van der Waals surface area contributed by atoms with Gasteiger partial charge in [0, 0.05) is 23.0 Å². The number of carbonyl (C=O) groups is 1. The number of fused-ring (bicyclic) bond motifs is 1. The van der Waals surface area contributed by atoms with Gasteiger partial charge >= 0.3 is 0 Å². The van der Waals surface area contributed by atoms with Crippen LogP contribution in [-0.2, 0) is 4.79 Å². The van der Waals surface area contributed by atoms with Crippen molar-refractivity contribution in [3.63, 3.8) is 0 Å². The fourth-order valence-corrected chi connectivity index (χ4v) is 5.52. The van der Waals surface area contributed by atoms with E-state index in [4.69, 9.17) is 4.98 Å². The lowest BCUT2D eigenvalue weighted by Crippen LogP contribution is -2.45. The Hall–Kier alpha value is -1.34. The van der Waals surface area contributed by atoms with Gasteiger partial charge in [0.2, 0.25) is 5.91 Å². The first-order valence-corrected chi connectivity index (χ1v) is 11.2. The summed E-state index contributed by atoms with van der Waals surface area (Å²) in [6.07, 6.45) is 0. The van der Waals surface area contributed by atoms with Gasteiger partial charge < -0.3 is 4.90 Å². The van der Waals surface area contributed by atoms with E-state index in [-0.39, 0.29) is 34.8 Å². The number of nitrogens with zero attached hydrogens (tertiary/aromatic N) is 3. The molecule has 2 rings (SSSR count). The number of hydrogen-bond donors (Lipinski definition) is 0. The molecule has 7 heteroatoms. The van der Waals surface area contributed by atoms with E-state index in [1.807, 2.05) is 67.2 Å². The Morgan fingerprint density at radius 1 is 1.07 bits per heavy atom. The van der Waals surface area contributed by atoms with Crippen molar-refractivity contribution >= 4 is 39.2 Å². The van der Waals surface area contributed by atoms with Crippen LogP contribution in [0.15, 0.2) is 9.95 Å². The zero-order chi connectivity index (χ0) is 20.6. The fourth-order valence-electron chi connectivity index (χ4n) is 3.35. The molecule has 1 amide bonds. The van der Waals surface area contributed by atoms with Gasteiger partial charge in [0.1, 0.15) is 4.83 Å². The summed E-state index contributed by atoms with van der Waals surface area (Å²) in [5.74, 6) is 0.0770. The molecule has 0 saturated carbocycles. The maximum Gasteiger partial charge on any atom is 0.263 e. The third-order valence-electron chi connectivity index (χ3n) is 4.72. The predicted octanol–water partition coefficient (Wildman–Crippen LogP) is 4.78. The van der Waals surface area contributed by atoms with Crippen molar-refractivity contribution in [2.45, 2.75) is 90.8 Å². The molecular formula is C20H31N3O2S2. The lowest BCUT2D eigenvalue weighted by molar-refractivity contribution is -0.133. The normalized spacial score (nSPS) is 13.2. The van der Waals surface area contributed by atoms with Crippen LogP contribution in [0, 0.1) is 13.8 Å². The molecule has 5 nitrogen and oxygen atoms in total. The molecule has 0 bridgehead atoms. The van der Waals surface area contributed by atoms with E-state index in [0.29, 0.717) is 10.5 Å². The van der Waals surface area contributed by atoms with Crippen LogP contribution in [-0.4, -0.2) is 37.7 Å². The highest BCUT2D eigenvalue weighted by Crippen LogP contribution is 2.31. The van der Waals surface area contributed by atoms with Crippen molar-refractivity contribution in [3.05, 3.63) is 20.8 Å². The van der Waals surface area contributed by atoms with E-state index < -0.39 is 0 Å². The summed E-state index contributed by atoms with van der Waals surface area (Å²) in [6, 6.07) is 0.238. The first kappa shape index (κ1) is 22.0. The number of carbonyl (C=O) groups excluding carboxylic acids is 1. The van der Waals surface area contributed by atoms with Crippen molar-refractivity contribution in [3.8, 4) is 0 Å². The first-order valence-electron chi connectivity index (χ1n) is 9.48. The van der Waals surface area contributed by atoms with Crippen LogP contribution in [0.2, 0.25) is 0 Å². The van der Waals surface area contributed by atoms with Gasteiger partial charge in [-0.05, 0) is 67.9 Å². The molecule has 0 unspecified atom stereocenters. The minimum atomic E-state index is -0.314. The third-order valence-corrected chi connectivity index (χ3v) is 6.87. The molecule has 0 radical (unpaired) electrons. The summed E-state index contributed by atoms with van der Waals surface area (Å²) in [5, 5.41) is 1.02. The van der Waals surface area contributed by atoms with Crippen molar-refractivity contribution in [1.82, 2.24) is 14.5 Å². The van der Waals surface area contributed by atoms with Gasteiger partial charge in [0.15, 0.2) is 5.16 Å². The minimum absolute atomic E-state index is 0.0106. The standard InChI is InChI=1S/C20H31N3O2S2/c1-10(2)22(11(3)4)18(24)15(9)27-20-21-17-16(13(7)14(8)26-17)19(25)23(20)12(5)6/h10-12,15H,1-9H3/t15-/m0/s1. The molecule has 27 heavy (non-hydrogen) atoms. The highest BCUT2D eigenvalue weighted by atomic mass is 32.2. The lowest BCUT2D eigenvalue weighted by atomic mass is 10.2. The van der Waals surface area contributed by atoms with Crippen molar-refractivity contribution in [2.24, 2.45) is 0 Å². The summed E-state index contributed by atoms with van der Waals surface area (Å²) in [7, 11) is 0. The number of aryl methyl sites for hydroxylation is 2. The summed E-state index contributed by atoms with van der Waals surface area (Å²) in [6.45, 7) is 18.0. The van der Waals surface area contributed by atoms with Crippen LogP contribution in [0.1, 0.15) is 64.9 Å². The monoisotopic (exact) mass is 409 g/mol. The highest BCUT2D eigenvalue weighted by Gasteiger charge is 2.28. The van der Waals surface area contributed by atoms with Gasteiger partial charge in [0.05, 0.1) is 10.6 Å². The topological polar surface area (TPSA) is 55.2 Å². The second-order valence-electron chi connectivity index (χ2n) is 7.82. The molecule has 1 atom stereocenters. The number of thioether (sulfide) groups is 1. The molecule has 0 aliphatic carbocycles. The van der Waals surface area contributed by atoms with Crippen molar-refractivity contribution in [1.29, 1.82) is 0 Å². The van der Waals surface area contributed by atoms with Crippen LogP contribution < -0.4 is 5.56 Å². The van der Waals surface area contributed by atoms with E-state index in [1.54, 1.807) is 15.9 Å². The molecule has 2 heterocycles. The van der Waals surface area contributed by atoms with Gasteiger partial charge in [0.25, 0.3) is 5.56 Å². The average Bonchev–Trinajstić information content (AvgIpc) is 2.80. The Balaban J connectivity index is 2.50. The molecule has 2 aromatic rings. The van der Waals surface area contributed by atoms with Crippen LogP contribution in [0.25, 0.3) is 10.2 Å². The molecule has 150 valence electrons. The minimum Gasteiger partial charge on any atom is -0.337 e. The van der Waals surface area contributed by atoms with Crippen LogP contribution in [0.3, 0.4) is 0 Å². The fraction of sp³-hybridized carbons (Fsp3) is 0.650. The summed E-state index contributed by atoms with van der Waals surface area (Å²) < 4.78 is 1.73. The molecular weight excluding hydrogens is 378 g/mol. The Bertz CT molecular complexity index is 889. The van der Waals surface area contributed by atoms with Gasteiger partial charge in [-0.3, -0.25) is 14.2 Å². The zero-order valence-electron chi connectivity index (χ0n) is 17.8. The predicted molar refractivity (Wildman–Crippen MR) is 116 cm³/mol. The number of rotatable bonds is 6. The molecule has 0 aromatic carbocycles.